The van der Waals surface area contributed by atoms with Gasteiger partial charge in [-0.1, -0.05) is 17.7 Å². The second-order valence-electron chi connectivity index (χ2n) is 3.93. The van der Waals surface area contributed by atoms with E-state index in [1.807, 2.05) is 6.92 Å². The van der Waals surface area contributed by atoms with Crippen LogP contribution >= 0.6 is 0 Å². The van der Waals surface area contributed by atoms with Gasteiger partial charge in [-0.05, 0) is 19.1 Å². The molecular weight excluding hydrogens is 254 g/mol. The van der Waals surface area contributed by atoms with Gasteiger partial charge in [0.1, 0.15) is 0 Å². The zero-order valence-electron chi connectivity index (χ0n) is 10.7. The van der Waals surface area contributed by atoms with Crippen LogP contribution in [0.2, 0.25) is 0 Å². The topological polar surface area (TPSA) is 66.8 Å². The van der Waals surface area contributed by atoms with E-state index in [1.54, 1.807) is 24.3 Å². The third-order valence-electron chi connectivity index (χ3n) is 2.55. The molecule has 0 unspecified atom stereocenters. The highest BCUT2D eigenvalue weighted by molar-refractivity contribution is 7.89. The Morgan fingerprint density at radius 2 is 1.83 bits per heavy atom. The Hall–Kier alpha value is -0.950. The van der Waals surface area contributed by atoms with Gasteiger partial charge in [0.15, 0.2) is 0 Å². The van der Waals surface area contributed by atoms with E-state index >= 15 is 0 Å². The van der Waals surface area contributed by atoms with Crippen LogP contribution in [0.5, 0.6) is 0 Å². The van der Waals surface area contributed by atoms with Crippen LogP contribution in [0.15, 0.2) is 29.2 Å². The maximum absolute atomic E-state index is 12.3. The van der Waals surface area contributed by atoms with Gasteiger partial charge in [0.05, 0.1) is 18.1 Å². The van der Waals surface area contributed by atoms with Crippen LogP contribution < -0.4 is 0 Å². The summed E-state index contributed by atoms with van der Waals surface area (Å²) in [5.74, 6) is 0. The van der Waals surface area contributed by atoms with Gasteiger partial charge in [-0.3, -0.25) is 0 Å². The molecule has 0 aliphatic rings. The average Bonchev–Trinajstić information content (AvgIpc) is 2.35. The molecule has 1 N–H and O–H groups in total. The molecule has 0 spiro atoms. The molecule has 0 amide bonds. The number of aryl methyl sites for hydroxylation is 1. The van der Waals surface area contributed by atoms with E-state index in [0.29, 0.717) is 6.61 Å². The molecule has 0 bridgehead atoms. The number of sulfonamides is 1. The molecular formula is C12H19NO4S. The predicted octanol–water partition coefficient (Wildman–Crippen LogP) is 0.624. The largest absolute Gasteiger partial charge is 0.395 e. The number of methoxy groups -OCH3 is 1. The molecule has 18 heavy (non-hydrogen) atoms. The second kappa shape index (κ2) is 6.84. The van der Waals surface area contributed by atoms with Crippen LogP contribution in [0, 0.1) is 6.92 Å². The van der Waals surface area contributed by atoms with E-state index in [4.69, 9.17) is 9.84 Å². The molecule has 5 nitrogen and oxygen atoms in total. The molecule has 1 aromatic rings. The van der Waals surface area contributed by atoms with Crippen molar-refractivity contribution < 1.29 is 18.3 Å². The van der Waals surface area contributed by atoms with Crippen molar-refractivity contribution in [3.63, 3.8) is 0 Å². The number of nitrogens with zero attached hydrogens (tertiary/aromatic N) is 1. The van der Waals surface area contributed by atoms with Gasteiger partial charge in [-0.15, -0.1) is 0 Å². The number of ether oxygens (including phenoxy) is 1. The Morgan fingerprint density at radius 3 is 2.33 bits per heavy atom. The van der Waals surface area contributed by atoms with Crippen LogP contribution in [-0.2, 0) is 14.8 Å². The smallest absolute Gasteiger partial charge is 0.243 e. The van der Waals surface area contributed by atoms with Crippen molar-refractivity contribution in [3.05, 3.63) is 29.8 Å². The van der Waals surface area contributed by atoms with Gasteiger partial charge < -0.3 is 9.84 Å². The zero-order chi connectivity index (χ0) is 13.6. The Balaban J connectivity index is 2.96. The summed E-state index contributed by atoms with van der Waals surface area (Å²) in [6, 6.07) is 6.64. The fourth-order valence-corrected chi connectivity index (χ4v) is 2.93. The van der Waals surface area contributed by atoms with Gasteiger partial charge in [0.25, 0.3) is 0 Å². The monoisotopic (exact) mass is 273 g/mol. The van der Waals surface area contributed by atoms with Gasteiger partial charge in [-0.25, -0.2) is 8.42 Å². The van der Waals surface area contributed by atoms with Gasteiger partial charge >= 0.3 is 0 Å². The predicted molar refractivity (Wildman–Crippen MR) is 68.9 cm³/mol. The summed E-state index contributed by atoms with van der Waals surface area (Å²) in [5, 5.41) is 8.94. The van der Waals surface area contributed by atoms with Crippen molar-refractivity contribution in [2.45, 2.75) is 11.8 Å². The van der Waals surface area contributed by atoms with Crippen molar-refractivity contribution in [3.8, 4) is 0 Å². The summed E-state index contributed by atoms with van der Waals surface area (Å²) in [4.78, 5) is 0.234. The molecule has 0 aliphatic heterocycles. The summed E-state index contributed by atoms with van der Waals surface area (Å²) in [5.41, 5.74) is 1.000. The fourth-order valence-electron chi connectivity index (χ4n) is 1.52. The summed E-state index contributed by atoms with van der Waals surface area (Å²) < 4.78 is 30.7. The Labute approximate surface area is 108 Å². The number of rotatable bonds is 7. The number of aliphatic hydroxyl groups excluding tert-OH is 1. The van der Waals surface area contributed by atoms with E-state index in [1.165, 1.54) is 11.4 Å². The van der Waals surface area contributed by atoms with Gasteiger partial charge in [0.2, 0.25) is 10.0 Å². The zero-order valence-corrected chi connectivity index (χ0v) is 11.5. The number of aliphatic hydroxyl groups is 1. The van der Waals surface area contributed by atoms with Crippen molar-refractivity contribution in [2.24, 2.45) is 0 Å². The summed E-state index contributed by atoms with van der Waals surface area (Å²) in [7, 11) is -2.05. The number of hydrogen-bond acceptors (Lipinski definition) is 4. The molecule has 0 saturated heterocycles. The van der Waals surface area contributed by atoms with Crippen LogP contribution in [0.4, 0.5) is 0 Å². The van der Waals surface area contributed by atoms with E-state index in [2.05, 4.69) is 0 Å². The summed E-state index contributed by atoms with van der Waals surface area (Å²) in [6.45, 7) is 2.28. The van der Waals surface area contributed by atoms with Crippen LogP contribution in [0.25, 0.3) is 0 Å². The molecule has 0 aliphatic carbocycles. The van der Waals surface area contributed by atoms with E-state index in [0.717, 1.165) is 5.56 Å². The standard InChI is InChI=1S/C12H19NO4S/c1-11-3-5-12(6-4-11)18(15,16)13(7-9-14)8-10-17-2/h3-6,14H,7-10H2,1-2H3. The van der Waals surface area contributed by atoms with Crippen LogP contribution in [0.1, 0.15) is 5.56 Å². The third kappa shape index (κ3) is 3.78. The number of hydrogen-bond donors (Lipinski definition) is 1. The average molecular weight is 273 g/mol. The lowest BCUT2D eigenvalue weighted by Gasteiger charge is -2.20. The quantitative estimate of drug-likeness (QED) is 0.791. The molecule has 0 saturated carbocycles. The van der Waals surface area contributed by atoms with Crippen LogP contribution in [0.3, 0.4) is 0 Å². The van der Waals surface area contributed by atoms with E-state index < -0.39 is 10.0 Å². The van der Waals surface area contributed by atoms with Gasteiger partial charge in [-0.2, -0.15) is 4.31 Å². The molecule has 0 aromatic heterocycles. The molecule has 0 radical (unpaired) electrons. The lowest BCUT2D eigenvalue weighted by atomic mass is 10.2. The molecule has 102 valence electrons. The lowest BCUT2D eigenvalue weighted by molar-refractivity contribution is 0.168. The second-order valence-corrected chi connectivity index (χ2v) is 5.87. The maximum atomic E-state index is 12.3. The summed E-state index contributed by atoms with van der Waals surface area (Å²) >= 11 is 0. The third-order valence-corrected chi connectivity index (χ3v) is 4.47. The van der Waals surface area contributed by atoms with Crippen molar-refractivity contribution >= 4 is 10.0 Å². The van der Waals surface area contributed by atoms with E-state index in [-0.39, 0.29) is 24.6 Å². The Bertz CT molecular complexity index is 455. The minimum Gasteiger partial charge on any atom is -0.395 e. The highest BCUT2D eigenvalue weighted by Gasteiger charge is 2.23. The fraction of sp³-hybridized carbons (Fsp3) is 0.500. The van der Waals surface area contributed by atoms with Crippen molar-refractivity contribution in [1.29, 1.82) is 0 Å². The first-order valence-electron chi connectivity index (χ1n) is 5.69. The molecule has 6 heteroatoms. The van der Waals surface area contributed by atoms with Gasteiger partial charge in [0, 0.05) is 20.2 Å². The Morgan fingerprint density at radius 1 is 1.22 bits per heavy atom. The first kappa shape index (κ1) is 15.1. The maximum Gasteiger partial charge on any atom is 0.243 e. The molecule has 1 aromatic carbocycles. The first-order valence-corrected chi connectivity index (χ1v) is 7.13. The minimum atomic E-state index is -3.56. The van der Waals surface area contributed by atoms with Crippen LogP contribution in [-0.4, -0.2) is 51.2 Å². The highest BCUT2D eigenvalue weighted by Crippen LogP contribution is 2.15. The minimum absolute atomic E-state index is 0.0690. The van der Waals surface area contributed by atoms with E-state index in [9.17, 15) is 8.42 Å². The van der Waals surface area contributed by atoms with Crippen molar-refractivity contribution in [1.82, 2.24) is 4.31 Å². The first-order chi connectivity index (χ1) is 8.52. The van der Waals surface area contributed by atoms with Crippen molar-refractivity contribution in [2.75, 3.05) is 33.4 Å². The normalized spacial score (nSPS) is 12.0. The Kier molecular flexibility index (Phi) is 5.74. The molecule has 1 rings (SSSR count). The molecule has 0 heterocycles. The SMILES string of the molecule is COCCN(CCO)S(=O)(=O)c1ccc(C)cc1. The molecule has 0 fully saturated rings. The number of benzene rings is 1. The molecule has 0 atom stereocenters. The summed E-state index contributed by atoms with van der Waals surface area (Å²) in [6.07, 6.45) is 0. The highest BCUT2D eigenvalue weighted by atomic mass is 32.2. The lowest BCUT2D eigenvalue weighted by Crippen LogP contribution is -2.36.